The van der Waals surface area contributed by atoms with E-state index in [9.17, 15) is 23.2 Å². The van der Waals surface area contributed by atoms with E-state index >= 15 is 8.78 Å². The first-order chi connectivity index (χ1) is 18.8. The predicted molar refractivity (Wildman–Crippen MR) is 129 cm³/mol. The molecule has 4 heterocycles. The predicted octanol–water partition coefficient (Wildman–Crippen LogP) is 3.32. The highest BCUT2D eigenvalue weighted by Crippen LogP contribution is 2.54. The number of H-pyrrole nitrogens is 1. The van der Waals surface area contributed by atoms with Gasteiger partial charge in [-0.1, -0.05) is 29.3 Å². The van der Waals surface area contributed by atoms with E-state index in [0.29, 0.717) is 0 Å². The zero-order valence-electron chi connectivity index (χ0n) is 20.2. The number of aromatic nitrogens is 4. The summed E-state index contributed by atoms with van der Waals surface area (Å²) in [5, 5.41) is 7.35. The number of aromatic amines is 1. The van der Waals surface area contributed by atoms with Gasteiger partial charge in [-0.2, -0.15) is 8.78 Å². The van der Waals surface area contributed by atoms with Gasteiger partial charge in [0.2, 0.25) is 11.8 Å². The smallest absolute Gasteiger partial charge is 0.349 e. The number of hydrogen-bond acceptors (Lipinski definition) is 7. The molecule has 2 amide bonds. The molecule has 3 aromatic rings. The molecule has 10 nitrogen and oxygen atoms in total. The maximum atomic E-state index is 15.3. The van der Waals surface area contributed by atoms with Crippen LogP contribution in [0.15, 0.2) is 39.8 Å². The molecule has 3 aliphatic rings. The lowest BCUT2D eigenvalue weighted by molar-refractivity contribution is -0.147. The van der Waals surface area contributed by atoms with E-state index in [1.807, 2.05) is 0 Å². The molecule has 2 aromatic heterocycles. The lowest BCUT2D eigenvalue weighted by atomic mass is 9.71. The number of nitrogens with zero attached hydrogens (tertiary/aromatic N) is 5. The van der Waals surface area contributed by atoms with E-state index < -0.39 is 64.3 Å². The van der Waals surface area contributed by atoms with Crippen molar-refractivity contribution in [3.8, 4) is 0 Å². The molecule has 1 spiro atoms. The van der Waals surface area contributed by atoms with E-state index in [1.165, 1.54) is 28.3 Å². The summed E-state index contributed by atoms with van der Waals surface area (Å²) in [7, 11) is 0. The highest BCUT2D eigenvalue weighted by molar-refractivity contribution is 6.42. The molecule has 3 fully saturated rings. The third-order valence-electron chi connectivity index (χ3n) is 7.58. The molecule has 6 rings (SSSR count). The van der Waals surface area contributed by atoms with Gasteiger partial charge in [0.1, 0.15) is 5.92 Å². The zero-order chi connectivity index (χ0) is 28.6. The second-order valence-electron chi connectivity index (χ2n) is 10.2. The summed E-state index contributed by atoms with van der Waals surface area (Å²) in [5.41, 5.74) is -2.62. The second kappa shape index (κ2) is 8.99. The molecular formula is C24H18Cl2F4N6O4. The van der Waals surface area contributed by atoms with Gasteiger partial charge in [0.05, 0.1) is 16.0 Å². The zero-order valence-corrected chi connectivity index (χ0v) is 21.7. The van der Waals surface area contributed by atoms with Crippen molar-refractivity contribution in [1.82, 2.24) is 30.0 Å². The molecule has 16 heteroatoms. The minimum absolute atomic E-state index is 0.0295. The molecule has 1 saturated carbocycles. The minimum atomic E-state index is -3.75. The molecule has 40 heavy (non-hydrogen) atoms. The molecule has 1 unspecified atom stereocenters. The number of halogens is 6. The number of nitrogens with one attached hydrogen (secondary N) is 1. The summed E-state index contributed by atoms with van der Waals surface area (Å²) >= 11 is 11.7. The van der Waals surface area contributed by atoms with Crippen molar-refractivity contribution in [2.24, 2.45) is 11.3 Å². The van der Waals surface area contributed by atoms with Gasteiger partial charge >= 0.3 is 5.92 Å². The largest absolute Gasteiger partial charge is 0.419 e. The Bertz CT molecular complexity index is 1590. The molecule has 0 bridgehead atoms. The molecule has 2 saturated heterocycles. The fourth-order valence-electron chi connectivity index (χ4n) is 5.33. The normalized spacial score (nSPS) is 22.9. The lowest BCUT2D eigenvalue weighted by Gasteiger charge is -2.50. The monoisotopic (exact) mass is 600 g/mol. The van der Waals surface area contributed by atoms with Gasteiger partial charge in [-0.15, -0.1) is 10.2 Å². The third-order valence-corrected chi connectivity index (χ3v) is 8.32. The minimum Gasteiger partial charge on any atom is -0.419 e. The Kier molecular flexibility index (Phi) is 6.00. The third kappa shape index (κ3) is 4.24. The molecule has 0 radical (unpaired) electrons. The SMILES string of the molecule is O=C(c1ncc[nH]c1=O)N1CC(c2nnc(C(F)(F)c3ccc(Cl)c(Cl)c3)o2)C2(C1)CN(C(=O)[C@H]1CC1(F)F)C2. The van der Waals surface area contributed by atoms with Gasteiger partial charge in [-0.3, -0.25) is 14.4 Å². The van der Waals surface area contributed by atoms with Crippen LogP contribution < -0.4 is 5.56 Å². The molecule has 1 N–H and O–H groups in total. The van der Waals surface area contributed by atoms with Gasteiger partial charge in [-0.05, 0) is 12.1 Å². The van der Waals surface area contributed by atoms with Crippen molar-refractivity contribution >= 4 is 35.0 Å². The Morgan fingerprint density at radius 3 is 2.45 bits per heavy atom. The maximum absolute atomic E-state index is 15.3. The molecule has 1 aromatic carbocycles. The Labute approximate surface area is 232 Å². The van der Waals surface area contributed by atoms with Crippen LogP contribution in [0.25, 0.3) is 0 Å². The van der Waals surface area contributed by atoms with Crippen LogP contribution in [-0.4, -0.2) is 73.9 Å². The first-order valence-electron chi connectivity index (χ1n) is 12.0. The van der Waals surface area contributed by atoms with Crippen LogP contribution in [0.1, 0.15) is 40.2 Å². The number of amides is 2. The number of alkyl halides is 4. The summed E-state index contributed by atoms with van der Waals surface area (Å²) in [6, 6.07) is 3.23. The average Bonchev–Trinajstić information content (AvgIpc) is 3.24. The van der Waals surface area contributed by atoms with Crippen LogP contribution in [0.4, 0.5) is 17.6 Å². The van der Waals surface area contributed by atoms with Gasteiger partial charge < -0.3 is 19.2 Å². The molecular weight excluding hydrogens is 583 g/mol. The summed E-state index contributed by atoms with van der Waals surface area (Å²) in [6.45, 7) is -0.257. The lowest BCUT2D eigenvalue weighted by Crippen LogP contribution is -2.62. The average molecular weight is 601 g/mol. The van der Waals surface area contributed by atoms with Gasteiger partial charge in [-0.25, -0.2) is 13.8 Å². The van der Waals surface area contributed by atoms with Crippen molar-refractivity contribution in [3.63, 3.8) is 0 Å². The van der Waals surface area contributed by atoms with Gasteiger partial charge in [0, 0.05) is 56.0 Å². The molecule has 210 valence electrons. The molecule has 2 aliphatic heterocycles. The van der Waals surface area contributed by atoms with Crippen LogP contribution in [0, 0.1) is 11.3 Å². The van der Waals surface area contributed by atoms with Crippen LogP contribution in [-0.2, 0) is 10.7 Å². The Morgan fingerprint density at radius 2 is 1.80 bits per heavy atom. The van der Waals surface area contributed by atoms with Crippen molar-refractivity contribution < 1.29 is 31.6 Å². The summed E-state index contributed by atoms with van der Waals surface area (Å²) < 4.78 is 63.0. The number of carbonyl (C=O) groups excluding carboxylic acids is 2. The Morgan fingerprint density at radius 1 is 1.10 bits per heavy atom. The first kappa shape index (κ1) is 26.7. The van der Waals surface area contributed by atoms with E-state index in [0.717, 1.165) is 12.1 Å². The Balaban J connectivity index is 1.30. The Hall–Kier alpha value is -3.52. The fraction of sp³-hybridized carbons (Fsp3) is 0.417. The number of rotatable bonds is 5. The van der Waals surface area contributed by atoms with Crippen molar-refractivity contribution in [1.29, 1.82) is 0 Å². The van der Waals surface area contributed by atoms with Gasteiger partial charge in [0.15, 0.2) is 5.69 Å². The van der Waals surface area contributed by atoms with Crippen molar-refractivity contribution in [3.05, 3.63) is 74.0 Å². The highest BCUT2D eigenvalue weighted by atomic mass is 35.5. The summed E-state index contributed by atoms with van der Waals surface area (Å²) in [4.78, 5) is 46.6. The number of carbonyl (C=O) groups is 2. The van der Waals surface area contributed by atoms with E-state index in [1.54, 1.807) is 0 Å². The van der Waals surface area contributed by atoms with Crippen LogP contribution in [0.5, 0.6) is 0 Å². The standard InChI is InChI=1S/C24H18Cl2F4N6O4/c25-14-2-1-11(5-15(14)26)24(29,30)21-34-33-18(40-21)13-7-35(20(39)16-17(37)32-4-3-31-16)8-22(13)9-36(10-22)19(38)12-6-23(12,27)28/h1-5,12-13H,6-10H2,(H,32,37)/t12-,13?/m1/s1. The number of hydrogen-bond donors (Lipinski definition) is 1. The maximum Gasteiger partial charge on any atom is 0.349 e. The van der Waals surface area contributed by atoms with Crippen LogP contribution in [0.2, 0.25) is 10.0 Å². The summed E-state index contributed by atoms with van der Waals surface area (Å²) in [6.07, 6.45) is 1.94. The van der Waals surface area contributed by atoms with Crippen LogP contribution in [0.3, 0.4) is 0 Å². The van der Waals surface area contributed by atoms with E-state index in [-0.39, 0.29) is 47.8 Å². The van der Waals surface area contributed by atoms with Crippen LogP contribution >= 0.6 is 23.2 Å². The number of benzene rings is 1. The van der Waals surface area contributed by atoms with E-state index in [4.69, 9.17) is 27.6 Å². The van der Waals surface area contributed by atoms with Crippen molar-refractivity contribution in [2.45, 2.75) is 24.2 Å². The van der Waals surface area contributed by atoms with Crippen molar-refractivity contribution in [2.75, 3.05) is 26.2 Å². The molecule has 2 atom stereocenters. The quantitative estimate of drug-likeness (QED) is 0.445. The highest BCUT2D eigenvalue weighted by Gasteiger charge is 2.66. The topological polar surface area (TPSA) is 125 Å². The van der Waals surface area contributed by atoms with Gasteiger partial charge in [0.25, 0.3) is 23.3 Å². The second-order valence-corrected chi connectivity index (χ2v) is 11.0. The summed E-state index contributed by atoms with van der Waals surface area (Å²) in [5.74, 6) is -11.8. The fourth-order valence-corrected chi connectivity index (χ4v) is 5.62. The van der Waals surface area contributed by atoms with E-state index in [2.05, 4.69) is 20.2 Å². The first-order valence-corrected chi connectivity index (χ1v) is 12.7. The number of likely N-dealkylation sites (tertiary alicyclic amines) is 2. The molecule has 1 aliphatic carbocycles.